The van der Waals surface area contributed by atoms with Crippen molar-refractivity contribution in [3.8, 4) is 11.5 Å². The van der Waals surface area contributed by atoms with Crippen LogP contribution in [0.25, 0.3) is 0 Å². The van der Waals surface area contributed by atoms with Crippen molar-refractivity contribution >= 4 is 5.91 Å². The molecule has 6 rings (SSSR count). The molecule has 4 heterocycles. The number of phenols is 2. The Balaban J connectivity index is 1.55. The summed E-state index contributed by atoms with van der Waals surface area (Å²) in [6.07, 6.45) is 2.25. The summed E-state index contributed by atoms with van der Waals surface area (Å²) in [5.74, 6) is 0.928. The van der Waals surface area contributed by atoms with Crippen LogP contribution < -0.4 is 0 Å². The Labute approximate surface area is 165 Å². The van der Waals surface area contributed by atoms with E-state index in [4.69, 9.17) is 0 Å². The summed E-state index contributed by atoms with van der Waals surface area (Å²) in [6, 6.07) is 13.1. The number of phenolic OH excluding ortho intramolecular Hbond substituents is 2. The Morgan fingerprint density at radius 3 is 2.57 bits per heavy atom. The third-order valence-corrected chi connectivity index (χ3v) is 6.94. The lowest BCUT2D eigenvalue weighted by atomic mass is 9.75. The molecule has 1 amide bonds. The van der Waals surface area contributed by atoms with Crippen molar-refractivity contribution in [2.45, 2.75) is 37.8 Å². The van der Waals surface area contributed by atoms with Gasteiger partial charge in [-0.1, -0.05) is 23.8 Å². The molecule has 5 nitrogen and oxygen atoms in total. The highest BCUT2D eigenvalue weighted by atomic mass is 16.3. The Hall–Kier alpha value is -2.53. The zero-order valence-electron chi connectivity index (χ0n) is 16.1. The third kappa shape index (κ3) is 2.68. The monoisotopic (exact) mass is 378 g/mol. The van der Waals surface area contributed by atoms with Gasteiger partial charge in [-0.2, -0.15) is 0 Å². The van der Waals surface area contributed by atoms with Gasteiger partial charge >= 0.3 is 0 Å². The van der Waals surface area contributed by atoms with E-state index >= 15 is 0 Å². The standard InChI is InChI=1S/C23H26N2O3/c1-14-5-6-20(27)18(11-14)23(28)25-13-19(16-3-2-4-17(26)12-16)22-21(25)15-7-9-24(22)10-8-15/h2-6,11-12,15,19,21-22,26-27H,7-10,13H2,1H3/t19-,21+,22+/m0/s1. The quantitative estimate of drug-likeness (QED) is 0.843. The van der Waals surface area contributed by atoms with Crippen LogP contribution in [0.15, 0.2) is 42.5 Å². The van der Waals surface area contributed by atoms with E-state index in [-0.39, 0.29) is 35.4 Å². The van der Waals surface area contributed by atoms with Gasteiger partial charge in [0.2, 0.25) is 0 Å². The molecule has 28 heavy (non-hydrogen) atoms. The van der Waals surface area contributed by atoms with Gasteiger partial charge in [-0.15, -0.1) is 0 Å². The molecule has 0 spiro atoms. The van der Waals surface area contributed by atoms with Crippen molar-refractivity contribution in [2.75, 3.05) is 19.6 Å². The molecule has 2 N–H and O–H groups in total. The number of amides is 1. The maximum Gasteiger partial charge on any atom is 0.257 e. The normalized spacial score (nSPS) is 31.0. The first kappa shape index (κ1) is 17.6. The highest BCUT2D eigenvalue weighted by Gasteiger charge is 2.54. The SMILES string of the molecule is Cc1ccc(O)c(C(=O)N2C[C@@H](c3cccc(O)c3)[C@@H]3[C@H]2C2CCN3CC2)c1. The second-order valence-electron chi connectivity index (χ2n) is 8.53. The van der Waals surface area contributed by atoms with Crippen LogP contribution in [0.3, 0.4) is 0 Å². The topological polar surface area (TPSA) is 64.0 Å². The number of nitrogens with zero attached hydrogens (tertiary/aromatic N) is 2. The average Bonchev–Trinajstić information content (AvgIpc) is 3.13. The number of likely N-dealkylation sites (tertiary alicyclic amines) is 1. The fourth-order valence-corrected chi connectivity index (χ4v) is 5.68. The van der Waals surface area contributed by atoms with Crippen LogP contribution in [0.4, 0.5) is 0 Å². The van der Waals surface area contributed by atoms with Crippen molar-refractivity contribution in [3.05, 3.63) is 59.2 Å². The van der Waals surface area contributed by atoms with Crippen LogP contribution in [0.2, 0.25) is 0 Å². The van der Waals surface area contributed by atoms with Crippen molar-refractivity contribution in [2.24, 2.45) is 5.92 Å². The van der Waals surface area contributed by atoms with E-state index in [1.54, 1.807) is 18.2 Å². The zero-order valence-corrected chi connectivity index (χ0v) is 16.1. The molecule has 2 bridgehead atoms. The number of carbonyl (C=O) groups excluding carboxylic acids is 1. The summed E-state index contributed by atoms with van der Waals surface area (Å²) in [5.41, 5.74) is 2.45. The minimum Gasteiger partial charge on any atom is -0.508 e. The van der Waals surface area contributed by atoms with Crippen molar-refractivity contribution in [1.82, 2.24) is 9.80 Å². The number of fused-ring (bicyclic) bond motifs is 2. The molecule has 2 aromatic rings. The van der Waals surface area contributed by atoms with Crippen molar-refractivity contribution in [3.63, 3.8) is 0 Å². The van der Waals surface area contributed by atoms with Gasteiger partial charge in [0, 0.05) is 18.5 Å². The van der Waals surface area contributed by atoms with E-state index in [0.717, 1.165) is 37.1 Å². The average molecular weight is 378 g/mol. The predicted octanol–water partition coefficient (Wildman–Crippen LogP) is 3.11. The fraction of sp³-hybridized carbons (Fsp3) is 0.435. The molecular formula is C23H26N2O3. The Morgan fingerprint density at radius 2 is 1.82 bits per heavy atom. The molecule has 0 unspecified atom stereocenters. The Morgan fingerprint density at radius 1 is 1.04 bits per heavy atom. The second-order valence-corrected chi connectivity index (χ2v) is 8.53. The maximum atomic E-state index is 13.5. The van der Waals surface area contributed by atoms with E-state index in [9.17, 15) is 15.0 Å². The largest absolute Gasteiger partial charge is 0.508 e. The molecule has 0 aromatic heterocycles. The number of benzene rings is 2. The molecule has 0 saturated carbocycles. The van der Waals surface area contributed by atoms with E-state index < -0.39 is 0 Å². The highest BCUT2D eigenvalue weighted by molar-refractivity contribution is 5.97. The molecular weight excluding hydrogens is 352 g/mol. The number of carbonyl (C=O) groups is 1. The van der Waals surface area contributed by atoms with Crippen LogP contribution in [-0.4, -0.2) is 57.6 Å². The van der Waals surface area contributed by atoms with E-state index in [1.807, 2.05) is 30.0 Å². The Kier molecular flexibility index (Phi) is 4.09. The number of aromatic hydroxyl groups is 2. The maximum absolute atomic E-state index is 13.5. The molecule has 146 valence electrons. The van der Waals surface area contributed by atoms with Gasteiger partial charge in [0.1, 0.15) is 11.5 Å². The van der Waals surface area contributed by atoms with Crippen molar-refractivity contribution in [1.29, 1.82) is 0 Å². The fourth-order valence-electron chi connectivity index (χ4n) is 5.68. The first-order chi connectivity index (χ1) is 13.5. The summed E-state index contributed by atoms with van der Waals surface area (Å²) in [6.45, 7) is 4.72. The van der Waals surface area contributed by atoms with Crippen molar-refractivity contribution < 1.29 is 15.0 Å². The van der Waals surface area contributed by atoms with Crippen LogP contribution in [0.1, 0.15) is 40.2 Å². The summed E-state index contributed by atoms with van der Waals surface area (Å²) in [7, 11) is 0. The number of hydrogen-bond donors (Lipinski definition) is 2. The minimum atomic E-state index is -0.0763. The van der Waals surface area contributed by atoms with E-state index in [2.05, 4.69) is 11.0 Å². The molecule has 2 aromatic carbocycles. The highest BCUT2D eigenvalue weighted by Crippen LogP contribution is 2.47. The second kappa shape index (κ2) is 6.52. The predicted molar refractivity (Wildman–Crippen MR) is 107 cm³/mol. The van der Waals surface area contributed by atoms with Crippen LogP contribution >= 0.6 is 0 Å². The van der Waals surface area contributed by atoms with Gasteiger partial charge in [0.15, 0.2) is 0 Å². The molecule has 4 saturated heterocycles. The van der Waals surface area contributed by atoms with Crippen LogP contribution in [-0.2, 0) is 0 Å². The van der Waals surface area contributed by atoms with Gasteiger partial charge < -0.3 is 15.1 Å². The molecule has 4 aliphatic heterocycles. The van der Waals surface area contributed by atoms with Gasteiger partial charge in [-0.25, -0.2) is 0 Å². The molecule has 0 radical (unpaired) electrons. The number of piperidine rings is 3. The van der Waals surface area contributed by atoms with Gasteiger partial charge in [-0.3, -0.25) is 9.69 Å². The third-order valence-electron chi connectivity index (χ3n) is 6.94. The minimum absolute atomic E-state index is 0.0502. The van der Waals surface area contributed by atoms with Crippen LogP contribution in [0, 0.1) is 12.8 Å². The first-order valence-corrected chi connectivity index (χ1v) is 10.2. The van der Waals surface area contributed by atoms with Crippen LogP contribution in [0.5, 0.6) is 11.5 Å². The van der Waals surface area contributed by atoms with Gasteiger partial charge in [0.25, 0.3) is 5.91 Å². The smallest absolute Gasteiger partial charge is 0.257 e. The first-order valence-electron chi connectivity index (χ1n) is 10.2. The summed E-state index contributed by atoms with van der Waals surface area (Å²) in [4.78, 5) is 18.0. The summed E-state index contributed by atoms with van der Waals surface area (Å²) in [5, 5.41) is 20.3. The van der Waals surface area contributed by atoms with Gasteiger partial charge in [-0.05, 0) is 68.6 Å². The Bertz CT molecular complexity index is 920. The van der Waals surface area contributed by atoms with E-state index in [1.165, 1.54) is 0 Å². The van der Waals surface area contributed by atoms with E-state index in [0.29, 0.717) is 18.0 Å². The molecule has 0 aliphatic carbocycles. The zero-order chi connectivity index (χ0) is 19.4. The lowest BCUT2D eigenvalue weighted by Gasteiger charge is -2.51. The summed E-state index contributed by atoms with van der Waals surface area (Å²) >= 11 is 0. The van der Waals surface area contributed by atoms with Gasteiger partial charge in [0.05, 0.1) is 11.6 Å². The number of rotatable bonds is 2. The lowest BCUT2D eigenvalue weighted by Crippen LogP contribution is -2.60. The summed E-state index contributed by atoms with van der Waals surface area (Å²) < 4.78 is 0. The number of hydrogen-bond acceptors (Lipinski definition) is 4. The molecule has 3 atom stereocenters. The lowest BCUT2D eigenvalue weighted by molar-refractivity contribution is -0.00349. The molecule has 4 fully saturated rings. The molecule has 4 aliphatic rings. The molecule has 5 heteroatoms. The number of aryl methyl sites for hydroxylation is 1.